The molecule has 0 saturated carbocycles. The number of carbonyl (C=O) groups excluding carboxylic acids is 1. The highest BCUT2D eigenvalue weighted by Gasteiger charge is 2.21. The molecule has 7 heteroatoms. The summed E-state index contributed by atoms with van der Waals surface area (Å²) in [6.07, 6.45) is 4.30. The molecule has 0 aliphatic carbocycles. The number of carbonyl (C=O) groups is 2. The lowest BCUT2D eigenvalue weighted by atomic mass is 10.0. The molecule has 0 heterocycles. The first-order chi connectivity index (χ1) is 15.2. The topological polar surface area (TPSA) is 117 Å². The van der Waals surface area contributed by atoms with Crippen LogP contribution >= 0.6 is 0 Å². The number of amides is 1. The molecule has 2 aromatic carbocycles. The fraction of sp³-hybridized carbons (Fsp3) is 0.120. The average Bonchev–Trinajstić information content (AvgIpc) is 2.79. The Bertz CT molecular complexity index is 1140. The maximum Gasteiger partial charge on any atom is 0.354 e. The summed E-state index contributed by atoms with van der Waals surface area (Å²) in [5, 5.41) is 29.0. The summed E-state index contributed by atoms with van der Waals surface area (Å²) in [7, 11) is 3.90. The molecular weight excluding hydrogens is 404 g/mol. The highest BCUT2D eigenvalue weighted by Crippen LogP contribution is 2.19. The fourth-order valence-electron chi connectivity index (χ4n) is 2.69. The SMILES string of the molecule is C\C(=C/C=C(C#N)\C=C(/C(=N)C(=O)O)C(=O)Nc1ccccc1)c1ccc(N(C)C)cc1. The second kappa shape index (κ2) is 11.1. The molecule has 0 fully saturated rings. The molecule has 0 radical (unpaired) electrons. The van der Waals surface area contributed by atoms with Crippen molar-refractivity contribution in [2.45, 2.75) is 6.92 Å². The third kappa shape index (κ3) is 6.54. The van der Waals surface area contributed by atoms with Gasteiger partial charge in [0, 0.05) is 25.5 Å². The molecule has 0 aliphatic rings. The lowest BCUT2D eigenvalue weighted by molar-refractivity contribution is -0.129. The van der Waals surface area contributed by atoms with Crippen LogP contribution in [-0.2, 0) is 9.59 Å². The third-order valence-corrected chi connectivity index (χ3v) is 4.54. The van der Waals surface area contributed by atoms with E-state index in [1.54, 1.807) is 36.4 Å². The maximum absolute atomic E-state index is 12.6. The number of carboxylic acids is 1. The van der Waals surface area contributed by atoms with Crippen molar-refractivity contribution in [3.05, 3.63) is 89.5 Å². The first-order valence-corrected chi connectivity index (χ1v) is 9.69. The van der Waals surface area contributed by atoms with Crippen LogP contribution in [0.3, 0.4) is 0 Å². The van der Waals surface area contributed by atoms with Gasteiger partial charge in [-0.15, -0.1) is 0 Å². The number of rotatable bonds is 8. The molecular formula is C25H24N4O3. The van der Waals surface area contributed by atoms with Crippen LogP contribution in [0.15, 0.2) is 84.0 Å². The van der Waals surface area contributed by atoms with E-state index in [2.05, 4.69) is 5.32 Å². The highest BCUT2D eigenvalue weighted by atomic mass is 16.4. The standard InChI is InChI=1S/C25H24N4O3/c1-17(19-11-13-21(14-12-19)29(2)3)9-10-18(16-26)15-22(23(27)25(31)32)24(30)28-20-7-5-4-6-8-20/h4-15,27H,1-3H3,(H,28,30)(H,31,32)/b17-9+,18-10+,22-15+,27-23?. The van der Waals surface area contributed by atoms with E-state index in [1.807, 2.05) is 56.3 Å². The van der Waals surface area contributed by atoms with Crippen LogP contribution in [0.25, 0.3) is 5.57 Å². The van der Waals surface area contributed by atoms with Gasteiger partial charge in [0.2, 0.25) is 0 Å². The van der Waals surface area contributed by atoms with Gasteiger partial charge < -0.3 is 15.3 Å². The maximum atomic E-state index is 12.6. The van der Waals surface area contributed by atoms with Crippen molar-refractivity contribution in [2.75, 3.05) is 24.3 Å². The number of allylic oxidation sites excluding steroid dienone is 5. The van der Waals surface area contributed by atoms with Crippen LogP contribution in [0, 0.1) is 16.7 Å². The van der Waals surface area contributed by atoms with Gasteiger partial charge in [-0.1, -0.05) is 36.4 Å². The molecule has 0 unspecified atom stereocenters. The number of benzene rings is 2. The van der Waals surface area contributed by atoms with Gasteiger partial charge in [0.1, 0.15) is 0 Å². The van der Waals surface area contributed by atoms with Crippen molar-refractivity contribution in [1.29, 1.82) is 10.7 Å². The Labute approximate surface area is 187 Å². The summed E-state index contributed by atoms with van der Waals surface area (Å²) in [5.41, 5.74) is 2.04. The lowest BCUT2D eigenvalue weighted by Gasteiger charge is -2.12. The smallest absolute Gasteiger partial charge is 0.354 e. The molecule has 2 rings (SSSR count). The summed E-state index contributed by atoms with van der Waals surface area (Å²) < 4.78 is 0. The van der Waals surface area contributed by atoms with Crippen LogP contribution in [0.2, 0.25) is 0 Å². The Balaban J connectivity index is 2.35. The van der Waals surface area contributed by atoms with E-state index < -0.39 is 23.2 Å². The zero-order chi connectivity index (χ0) is 23.7. The molecule has 0 saturated heterocycles. The zero-order valence-corrected chi connectivity index (χ0v) is 18.1. The quantitative estimate of drug-likeness (QED) is 0.251. The van der Waals surface area contributed by atoms with Gasteiger partial charge in [0.05, 0.1) is 17.2 Å². The van der Waals surface area contributed by atoms with Crippen molar-refractivity contribution in [3.8, 4) is 6.07 Å². The molecule has 2 aromatic rings. The van der Waals surface area contributed by atoms with Gasteiger partial charge >= 0.3 is 5.97 Å². The molecule has 0 bridgehead atoms. The molecule has 162 valence electrons. The molecule has 3 N–H and O–H groups in total. The van der Waals surface area contributed by atoms with Crippen LogP contribution in [0.5, 0.6) is 0 Å². The van der Waals surface area contributed by atoms with Crippen molar-refractivity contribution < 1.29 is 14.7 Å². The summed E-state index contributed by atoms with van der Waals surface area (Å²) >= 11 is 0. The van der Waals surface area contributed by atoms with E-state index in [-0.39, 0.29) is 5.57 Å². The number of aliphatic carboxylic acids is 1. The van der Waals surface area contributed by atoms with Crippen molar-refractivity contribution in [2.24, 2.45) is 0 Å². The molecule has 1 amide bonds. The minimum absolute atomic E-state index is 0.0403. The summed E-state index contributed by atoms with van der Waals surface area (Å²) in [6, 6.07) is 18.2. The van der Waals surface area contributed by atoms with Gasteiger partial charge in [0.15, 0.2) is 5.71 Å². The monoisotopic (exact) mass is 428 g/mol. The second-order valence-corrected chi connectivity index (χ2v) is 7.08. The second-order valence-electron chi connectivity index (χ2n) is 7.08. The Morgan fingerprint density at radius 3 is 2.22 bits per heavy atom. The van der Waals surface area contributed by atoms with Crippen molar-refractivity contribution in [1.82, 2.24) is 0 Å². The predicted molar refractivity (Wildman–Crippen MR) is 127 cm³/mol. The van der Waals surface area contributed by atoms with Gasteiger partial charge in [0.25, 0.3) is 5.91 Å². The normalized spacial score (nSPS) is 12.0. The summed E-state index contributed by atoms with van der Waals surface area (Å²) in [6.45, 7) is 1.88. The number of nitriles is 1. The average molecular weight is 428 g/mol. The number of anilines is 2. The first kappa shape index (κ1) is 23.8. The Hall–Kier alpha value is -4.44. The van der Waals surface area contributed by atoms with Crippen LogP contribution in [-0.4, -0.2) is 36.8 Å². The minimum atomic E-state index is -1.57. The Morgan fingerprint density at radius 2 is 1.69 bits per heavy atom. The Kier molecular flexibility index (Phi) is 8.26. The third-order valence-electron chi connectivity index (χ3n) is 4.54. The zero-order valence-electron chi connectivity index (χ0n) is 18.1. The van der Waals surface area contributed by atoms with Crippen molar-refractivity contribution >= 4 is 34.5 Å². The number of hydrogen-bond donors (Lipinski definition) is 3. The van der Waals surface area contributed by atoms with E-state index in [4.69, 9.17) is 5.41 Å². The van der Waals surface area contributed by atoms with Crippen molar-refractivity contribution in [3.63, 3.8) is 0 Å². The number of nitrogens with one attached hydrogen (secondary N) is 2. The fourth-order valence-corrected chi connectivity index (χ4v) is 2.69. The summed E-state index contributed by atoms with van der Waals surface area (Å²) in [5.74, 6) is -2.35. The molecule has 0 atom stereocenters. The van der Waals surface area contributed by atoms with Gasteiger partial charge in [-0.2, -0.15) is 5.26 Å². The van der Waals surface area contributed by atoms with E-state index in [0.717, 1.165) is 22.9 Å². The molecule has 32 heavy (non-hydrogen) atoms. The number of carboxylic acid groups (broad SMARTS) is 1. The largest absolute Gasteiger partial charge is 0.477 e. The van der Waals surface area contributed by atoms with Crippen LogP contribution in [0.1, 0.15) is 12.5 Å². The summed E-state index contributed by atoms with van der Waals surface area (Å²) in [4.78, 5) is 25.9. The van der Waals surface area contributed by atoms with E-state index >= 15 is 0 Å². The van der Waals surface area contributed by atoms with E-state index in [1.165, 1.54) is 6.08 Å². The minimum Gasteiger partial charge on any atom is -0.477 e. The highest BCUT2D eigenvalue weighted by molar-refractivity contribution is 6.48. The van der Waals surface area contributed by atoms with Gasteiger partial charge in [-0.05, 0) is 54.5 Å². The van der Waals surface area contributed by atoms with Crippen LogP contribution < -0.4 is 10.2 Å². The predicted octanol–water partition coefficient (Wildman–Crippen LogP) is 4.28. The van der Waals surface area contributed by atoms with Gasteiger partial charge in [-0.25, -0.2) is 4.79 Å². The molecule has 7 nitrogen and oxygen atoms in total. The Morgan fingerprint density at radius 1 is 1.06 bits per heavy atom. The van der Waals surface area contributed by atoms with E-state index in [0.29, 0.717) is 5.69 Å². The lowest BCUT2D eigenvalue weighted by Crippen LogP contribution is -2.25. The van der Waals surface area contributed by atoms with Gasteiger partial charge in [-0.3, -0.25) is 10.2 Å². The molecule has 0 spiro atoms. The van der Waals surface area contributed by atoms with Crippen LogP contribution in [0.4, 0.5) is 11.4 Å². The number of para-hydroxylation sites is 1. The first-order valence-electron chi connectivity index (χ1n) is 9.69. The molecule has 0 aliphatic heterocycles. The number of hydrogen-bond acceptors (Lipinski definition) is 5. The van der Waals surface area contributed by atoms with E-state index in [9.17, 15) is 20.0 Å². The molecule has 0 aromatic heterocycles. The number of nitrogens with zero attached hydrogens (tertiary/aromatic N) is 2.